The Kier molecular flexibility index (Phi) is 4.08. The van der Waals surface area contributed by atoms with Crippen molar-refractivity contribution in [2.24, 2.45) is 5.92 Å². The summed E-state index contributed by atoms with van der Waals surface area (Å²) in [5.41, 5.74) is -1.06. The predicted molar refractivity (Wildman–Crippen MR) is 67.6 cm³/mol. The van der Waals surface area contributed by atoms with Gasteiger partial charge in [-0.3, -0.25) is 4.79 Å². The molecular weight excluding hydrogens is 214 g/mol. The normalized spacial score (nSPS) is 31.9. The molecule has 2 aliphatic rings. The topological polar surface area (TPSA) is 40.5 Å². The molecule has 1 saturated carbocycles. The summed E-state index contributed by atoms with van der Waals surface area (Å²) in [6, 6.07) is 0. The summed E-state index contributed by atoms with van der Waals surface area (Å²) in [5.74, 6) is 0.656. The number of nitrogens with zero attached hydrogens (tertiary/aromatic N) is 1. The third-order valence-corrected chi connectivity index (χ3v) is 4.49. The summed E-state index contributed by atoms with van der Waals surface area (Å²) in [4.78, 5) is 14.1. The highest BCUT2D eigenvalue weighted by molar-refractivity contribution is 5.85. The molecule has 0 aromatic carbocycles. The number of carbonyl (C=O) groups excluding carboxylic acids is 1. The number of rotatable bonds is 3. The van der Waals surface area contributed by atoms with E-state index in [0.717, 1.165) is 19.5 Å². The first-order valence-corrected chi connectivity index (χ1v) is 7.17. The monoisotopic (exact) mass is 239 g/mol. The lowest BCUT2D eigenvalue weighted by Crippen LogP contribution is -2.54. The third-order valence-electron chi connectivity index (χ3n) is 4.49. The molecule has 2 fully saturated rings. The first-order valence-electron chi connectivity index (χ1n) is 7.17. The number of aliphatic hydroxyl groups is 1. The van der Waals surface area contributed by atoms with Crippen LogP contribution in [0.25, 0.3) is 0 Å². The van der Waals surface area contributed by atoms with Gasteiger partial charge < -0.3 is 10.0 Å². The maximum atomic E-state index is 12.2. The largest absolute Gasteiger partial charge is 0.380 e. The lowest BCUT2D eigenvalue weighted by Gasteiger charge is -2.39. The predicted octanol–water partition coefficient (Wildman–Crippen LogP) is 2.33. The van der Waals surface area contributed by atoms with E-state index in [2.05, 4.69) is 0 Å². The Morgan fingerprint density at radius 2 is 2.00 bits per heavy atom. The molecule has 0 spiro atoms. The average molecular weight is 239 g/mol. The Bertz CT molecular complexity index is 273. The highest BCUT2D eigenvalue weighted by Gasteiger charge is 2.40. The van der Waals surface area contributed by atoms with Gasteiger partial charge in [0.15, 0.2) is 0 Å². The van der Waals surface area contributed by atoms with Crippen molar-refractivity contribution >= 4 is 5.91 Å². The summed E-state index contributed by atoms with van der Waals surface area (Å²) in [5, 5.41) is 10.3. The summed E-state index contributed by atoms with van der Waals surface area (Å²) < 4.78 is 0. The fraction of sp³-hybridized carbons (Fsp3) is 0.929. The first-order chi connectivity index (χ1) is 8.15. The molecule has 1 unspecified atom stereocenters. The van der Waals surface area contributed by atoms with E-state index >= 15 is 0 Å². The maximum absolute atomic E-state index is 12.2. The Labute approximate surface area is 104 Å². The van der Waals surface area contributed by atoms with Crippen molar-refractivity contribution in [2.75, 3.05) is 13.1 Å². The highest BCUT2D eigenvalue weighted by Crippen LogP contribution is 2.29. The van der Waals surface area contributed by atoms with E-state index in [0.29, 0.717) is 18.8 Å². The van der Waals surface area contributed by atoms with Gasteiger partial charge in [-0.2, -0.15) is 0 Å². The molecule has 1 heterocycles. The second kappa shape index (κ2) is 5.38. The second-order valence-corrected chi connectivity index (χ2v) is 5.74. The average Bonchev–Trinajstić information content (AvgIpc) is 2.36. The molecule has 3 nitrogen and oxygen atoms in total. The van der Waals surface area contributed by atoms with Crippen LogP contribution in [-0.4, -0.2) is 34.6 Å². The van der Waals surface area contributed by atoms with Crippen LogP contribution in [0.1, 0.15) is 58.3 Å². The van der Waals surface area contributed by atoms with Crippen LogP contribution < -0.4 is 0 Å². The highest BCUT2D eigenvalue weighted by atomic mass is 16.3. The fourth-order valence-electron chi connectivity index (χ4n) is 3.25. The van der Waals surface area contributed by atoms with Crippen LogP contribution in [-0.2, 0) is 4.79 Å². The molecule has 1 amide bonds. The Morgan fingerprint density at radius 1 is 1.29 bits per heavy atom. The SMILES string of the molecule is CCC1(O)CCCN(CC2CCCCC2)C1=O. The first kappa shape index (κ1) is 12.9. The standard InChI is InChI=1S/C14H25NO2/c1-2-14(17)9-6-10-15(13(14)16)11-12-7-4-3-5-8-12/h12,17H,2-11H2,1H3. The Morgan fingerprint density at radius 3 is 2.65 bits per heavy atom. The van der Waals surface area contributed by atoms with E-state index in [1.165, 1.54) is 32.1 Å². The molecule has 1 atom stereocenters. The summed E-state index contributed by atoms with van der Waals surface area (Å²) in [6.07, 6.45) is 8.63. The number of hydrogen-bond acceptors (Lipinski definition) is 2. The molecular formula is C14H25NO2. The fourth-order valence-corrected chi connectivity index (χ4v) is 3.25. The van der Waals surface area contributed by atoms with E-state index in [-0.39, 0.29) is 5.91 Å². The molecule has 17 heavy (non-hydrogen) atoms. The maximum Gasteiger partial charge on any atom is 0.254 e. The molecule has 0 aromatic heterocycles. The molecule has 1 aliphatic carbocycles. The summed E-state index contributed by atoms with van der Waals surface area (Å²) >= 11 is 0. The zero-order valence-electron chi connectivity index (χ0n) is 11.0. The van der Waals surface area contributed by atoms with Crippen LogP contribution in [0.3, 0.4) is 0 Å². The molecule has 1 saturated heterocycles. The van der Waals surface area contributed by atoms with Crippen molar-refractivity contribution in [1.29, 1.82) is 0 Å². The lowest BCUT2D eigenvalue weighted by atomic mass is 9.86. The van der Waals surface area contributed by atoms with Crippen molar-refractivity contribution in [3.8, 4) is 0 Å². The van der Waals surface area contributed by atoms with Gasteiger partial charge in [-0.25, -0.2) is 0 Å². The molecule has 1 aliphatic heterocycles. The minimum Gasteiger partial charge on any atom is -0.380 e. The van der Waals surface area contributed by atoms with Gasteiger partial charge in [0.2, 0.25) is 0 Å². The molecule has 0 bridgehead atoms. The smallest absolute Gasteiger partial charge is 0.254 e. The molecule has 1 N–H and O–H groups in total. The van der Waals surface area contributed by atoms with Gasteiger partial charge in [-0.15, -0.1) is 0 Å². The van der Waals surface area contributed by atoms with Crippen LogP contribution in [0.5, 0.6) is 0 Å². The number of hydrogen-bond donors (Lipinski definition) is 1. The molecule has 0 radical (unpaired) electrons. The number of piperidine rings is 1. The molecule has 0 aromatic rings. The zero-order valence-corrected chi connectivity index (χ0v) is 11.0. The quantitative estimate of drug-likeness (QED) is 0.821. The molecule has 98 valence electrons. The number of amides is 1. The van der Waals surface area contributed by atoms with Gasteiger partial charge in [0, 0.05) is 13.1 Å². The van der Waals surface area contributed by atoms with Crippen molar-refractivity contribution in [3.05, 3.63) is 0 Å². The second-order valence-electron chi connectivity index (χ2n) is 5.74. The van der Waals surface area contributed by atoms with Crippen molar-refractivity contribution in [2.45, 2.75) is 63.9 Å². The van der Waals surface area contributed by atoms with Crippen LogP contribution in [0.15, 0.2) is 0 Å². The van der Waals surface area contributed by atoms with Gasteiger partial charge in [0.1, 0.15) is 5.60 Å². The zero-order chi connectivity index (χ0) is 12.3. The van der Waals surface area contributed by atoms with Gasteiger partial charge in [0.25, 0.3) is 5.91 Å². The number of likely N-dealkylation sites (tertiary alicyclic amines) is 1. The van der Waals surface area contributed by atoms with Gasteiger partial charge in [-0.05, 0) is 38.0 Å². The van der Waals surface area contributed by atoms with Crippen LogP contribution in [0, 0.1) is 5.92 Å². The Balaban J connectivity index is 1.93. The van der Waals surface area contributed by atoms with E-state index in [4.69, 9.17) is 0 Å². The van der Waals surface area contributed by atoms with E-state index in [1.54, 1.807) is 0 Å². The molecule has 2 rings (SSSR count). The summed E-state index contributed by atoms with van der Waals surface area (Å²) in [6.45, 7) is 3.63. The summed E-state index contributed by atoms with van der Waals surface area (Å²) in [7, 11) is 0. The van der Waals surface area contributed by atoms with E-state index in [9.17, 15) is 9.90 Å². The van der Waals surface area contributed by atoms with Crippen LogP contribution in [0.2, 0.25) is 0 Å². The van der Waals surface area contributed by atoms with E-state index < -0.39 is 5.60 Å². The van der Waals surface area contributed by atoms with Crippen molar-refractivity contribution in [1.82, 2.24) is 4.90 Å². The van der Waals surface area contributed by atoms with E-state index in [1.807, 2.05) is 11.8 Å². The third kappa shape index (κ3) is 2.82. The van der Waals surface area contributed by atoms with Gasteiger partial charge in [-0.1, -0.05) is 26.2 Å². The lowest BCUT2D eigenvalue weighted by molar-refractivity contribution is -0.158. The Hall–Kier alpha value is -0.570. The minimum atomic E-state index is -1.06. The number of carbonyl (C=O) groups is 1. The molecule has 3 heteroatoms. The van der Waals surface area contributed by atoms with Gasteiger partial charge >= 0.3 is 0 Å². The van der Waals surface area contributed by atoms with Crippen molar-refractivity contribution < 1.29 is 9.90 Å². The van der Waals surface area contributed by atoms with Crippen LogP contribution in [0.4, 0.5) is 0 Å². The minimum absolute atomic E-state index is 0.0168. The van der Waals surface area contributed by atoms with Crippen molar-refractivity contribution in [3.63, 3.8) is 0 Å². The van der Waals surface area contributed by atoms with Gasteiger partial charge in [0.05, 0.1) is 0 Å². The van der Waals surface area contributed by atoms with Crippen LogP contribution >= 0.6 is 0 Å².